The summed E-state index contributed by atoms with van der Waals surface area (Å²) in [5, 5.41) is 10.8. The van der Waals surface area contributed by atoms with Gasteiger partial charge in [-0.25, -0.2) is 12.7 Å². The van der Waals surface area contributed by atoms with E-state index in [1.165, 1.54) is 24.3 Å². The Morgan fingerprint density at radius 3 is 2.03 bits per heavy atom. The van der Waals surface area contributed by atoms with Crippen molar-refractivity contribution in [1.82, 2.24) is 0 Å². The molecule has 0 N–H and O–H groups in total. The van der Waals surface area contributed by atoms with Crippen LogP contribution in [0.25, 0.3) is 0 Å². The van der Waals surface area contributed by atoms with E-state index >= 15 is 0 Å². The summed E-state index contributed by atoms with van der Waals surface area (Å²) in [6.07, 6.45) is -4.95. The van der Waals surface area contributed by atoms with Crippen LogP contribution in [0.1, 0.15) is 0 Å². The Hall–Kier alpha value is -3.60. The number of para-hydroxylation sites is 1. The van der Waals surface area contributed by atoms with Gasteiger partial charge in [-0.3, -0.25) is 10.1 Å². The zero-order valence-electron chi connectivity index (χ0n) is 15.0. The van der Waals surface area contributed by atoms with Crippen molar-refractivity contribution in [3.63, 3.8) is 0 Å². The third kappa shape index (κ3) is 4.69. The molecule has 0 bridgehead atoms. The van der Waals surface area contributed by atoms with Gasteiger partial charge in [0.15, 0.2) is 0 Å². The monoisotopic (exact) mass is 438 g/mol. The van der Waals surface area contributed by atoms with Crippen molar-refractivity contribution in [2.45, 2.75) is 11.3 Å². The van der Waals surface area contributed by atoms with E-state index in [1.807, 2.05) is 0 Å². The number of hydrogen-bond donors (Lipinski definition) is 0. The minimum atomic E-state index is -4.95. The van der Waals surface area contributed by atoms with E-state index in [0.29, 0.717) is 0 Å². The van der Waals surface area contributed by atoms with Gasteiger partial charge >= 0.3 is 6.36 Å². The van der Waals surface area contributed by atoms with Crippen molar-refractivity contribution in [3.05, 3.63) is 89.0 Å². The third-order valence-electron chi connectivity index (χ3n) is 3.86. The predicted molar refractivity (Wildman–Crippen MR) is 102 cm³/mol. The lowest BCUT2D eigenvalue weighted by Gasteiger charge is -2.25. The number of anilines is 2. The number of rotatable bonds is 6. The summed E-state index contributed by atoms with van der Waals surface area (Å²) < 4.78 is 69.1. The normalized spacial score (nSPS) is 11.7. The summed E-state index contributed by atoms with van der Waals surface area (Å²) in [6.45, 7) is 0. The number of halogens is 3. The van der Waals surface area contributed by atoms with Crippen molar-refractivity contribution in [2.75, 3.05) is 4.31 Å². The molecule has 0 fully saturated rings. The summed E-state index contributed by atoms with van der Waals surface area (Å²) in [5.41, 5.74) is -0.262. The Morgan fingerprint density at radius 1 is 0.867 bits per heavy atom. The number of benzene rings is 3. The molecule has 0 radical (unpaired) electrons. The molecule has 7 nitrogen and oxygen atoms in total. The van der Waals surface area contributed by atoms with Gasteiger partial charge < -0.3 is 4.74 Å². The zero-order valence-corrected chi connectivity index (χ0v) is 15.8. The molecule has 0 aromatic heterocycles. The largest absolute Gasteiger partial charge is 0.573 e. The number of nitro benzene ring substituents is 1. The first-order valence-electron chi connectivity index (χ1n) is 8.28. The van der Waals surface area contributed by atoms with Crippen molar-refractivity contribution >= 4 is 27.1 Å². The maximum absolute atomic E-state index is 13.3. The van der Waals surface area contributed by atoms with Gasteiger partial charge in [0.2, 0.25) is 0 Å². The molecule has 0 aliphatic carbocycles. The highest BCUT2D eigenvalue weighted by Gasteiger charge is 2.32. The average molecular weight is 438 g/mol. The van der Waals surface area contributed by atoms with Crippen LogP contribution in [-0.4, -0.2) is 19.7 Å². The smallest absolute Gasteiger partial charge is 0.406 e. The topological polar surface area (TPSA) is 89.8 Å². The number of nitrogens with zero attached hydrogens (tertiary/aromatic N) is 2. The van der Waals surface area contributed by atoms with E-state index in [1.54, 1.807) is 18.2 Å². The van der Waals surface area contributed by atoms with Crippen molar-refractivity contribution < 1.29 is 31.2 Å². The zero-order chi connectivity index (χ0) is 21.9. The maximum Gasteiger partial charge on any atom is 0.573 e. The summed E-state index contributed by atoms with van der Waals surface area (Å²) >= 11 is 0. The van der Waals surface area contributed by atoms with Crippen molar-refractivity contribution in [3.8, 4) is 5.75 Å². The predicted octanol–water partition coefficient (Wildman–Crippen LogP) is 5.02. The van der Waals surface area contributed by atoms with Gasteiger partial charge in [-0.15, -0.1) is 13.2 Å². The van der Waals surface area contributed by atoms with Gasteiger partial charge in [-0.05, 0) is 36.4 Å². The van der Waals surface area contributed by atoms with Gasteiger partial charge in [0.25, 0.3) is 15.7 Å². The van der Waals surface area contributed by atoms with Crippen molar-refractivity contribution in [1.29, 1.82) is 0 Å². The fourth-order valence-corrected chi connectivity index (χ4v) is 4.12. The van der Waals surface area contributed by atoms with Crippen LogP contribution in [0, 0.1) is 10.1 Å². The molecule has 0 spiro atoms. The van der Waals surface area contributed by atoms with Gasteiger partial charge in [0, 0.05) is 18.2 Å². The molecule has 0 unspecified atom stereocenters. The van der Waals surface area contributed by atoms with E-state index in [-0.39, 0.29) is 22.0 Å². The van der Waals surface area contributed by atoms with Crippen LogP contribution in [0.4, 0.5) is 30.2 Å². The summed E-state index contributed by atoms with van der Waals surface area (Å²) in [5.74, 6) is -0.597. The van der Waals surface area contributed by atoms with Crippen LogP contribution in [0.5, 0.6) is 5.75 Å². The minimum Gasteiger partial charge on any atom is -0.406 e. The van der Waals surface area contributed by atoms with Crippen LogP contribution in [0.15, 0.2) is 83.8 Å². The molecule has 0 amide bonds. The molecular formula is C19H13F3N2O5S. The molecule has 30 heavy (non-hydrogen) atoms. The van der Waals surface area contributed by atoms with Crippen LogP contribution < -0.4 is 9.04 Å². The minimum absolute atomic E-state index is 0.110. The molecule has 0 aliphatic rings. The second-order valence-electron chi connectivity index (χ2n) is 5.90. The van der Waals surface area contributed by atoms with E-state index in [4.69, 9.17) is 0 Å². The SMILES string of the molecule is O=[N+]([O-])c1ccc(S(=O)(=O)N(c2ccccc2)c2cccc(OC(F)(F)F)c2)cc1. The summed E-state index contributed by atoms with van der Waals surface area (Å²) in [6, 6.07) is 16.3. The highest BCUT2D eigenvalue weighted by atomic mass is 32.2. The molecule has 0 heterocycles. The Morgan fingerprint density at radius 2 is 1.47 bits per heavy atom. The number of sulfonamides is 1. The highest BCUT2D eigenvalue weighted by molar-refractivity contribution is 7.93. The van der Waals surface area contributed by atoms with Crippen LogP contribution in [0.2, 0.25) is 0 Å². The quantitative estimate of drug-likeness (QED) is 0.398. The molecule has 3 aromatic carbocycles. The molecule has 11 heteroatoms. The molecular weight excluding hydrogens is 425 g/mol. The molecule has 156 valence electrons. The first-order chi connectivity index (χ1) is 14.1. The fourth-order valence-electron chi connectivity index (χ4n) is 2.64. The highest BCUT2D eigenvalue weighted by Crippen LogP contribution is 2.35. The Bertz CT molecular complexity index is 1150. The van der Waals surface area contributed by atoms with Crippen molar-refractivity contribution in [2.24, 2.45) is 0 Å². The lowest BCUT2D eigenvalue weighted by Crippen LogP contribution is -2.26. The number of ether oxygens (including phenoxy) is 1. The maximum atomic E-state index is 13.3. The molecule has 0 atom stereocenters. The number of non-ortho nitro benzene ring substituents is 1. The molecule has 0 saturated heterocycles. The Labute approximate surface area is 169 Å². The summed E-state index contributed by atoms with van der Waals surface area (Å²) in [4.78, 5) is 9.87. The molecule has 3 aromatic rings. The van der Waals surface area contributed by atoms with Gasteiger partial charge in [0.05, 0.1) is 21.2 Å². The standard InChI is InChI=1S/C19H13F3N2O5S/c20-19(21,22)29-17-8-4-7-16(13-17)23(14-5-2-1-3-6-14)30(27,28)18-11-9-15(10-12-18)24(25)26/h1-13H. The lowest BCUT2D eigenvalue weighted by atomic mass is 10.2. The first kappa shape index (κ1) is 21.1. The molecule has 0 aliphatic heterocycles. The van der Waals surface area contributed by atoms with Crippen LogP contribution >= 0.6 is 0 Å². The average Bonchev–Trinajstić information content (AvgIpc) is 2.68. The Kier molecular flexibility index (Phi) is 5.65. The van der Waals surface area contributed by atoms with E-state index in [9.17, 15) is 31.7 Å². The third-order valence-corrected chi connectivity index (χ3v) is 5.63. The van der Waals surface area contributed by atoms with Gasteiger partial charge in [-0.2, -0.15) is 0 Å². The Balaban J connectivity index is 2.12. The van der Waals surface area contributed by atoms with E-state index in [2.05, 4.69) is 4.74 Å². The van der Waals surface area contributed by atoms with Gasteiger partial charge in [0.1, 0.15) is 5.75 Å². The number of nitro groups is 1. The van der Waals surface area contributed by atoms with E-state index in [0.717, 1.165) is 40.7 Å². The summed E-state index contributed by atoms with van der Waals surface area (Å²) in [7, 11) is -4.34. The lowest BCUT2D eigenvalue weighted by molar-refractivity contribution is -0.384. The second-order valence-corrected chi connectivity index (χ2v) is 7.69. The van der Waals surface area contributed by atoms with Crippen LogP contribution in [-0.2, 0) is 10.0 Å². The number of alkyl halides is 3. The number of hydrogen-bond acceptors (Lipinski definition) is 5. The van der Waals surface area contributed by atoms with E-state index < -0.39 is 27.1 Å². The molecule has 0 saturated carbocycles. The molecule has 3 rings (SSSR count). The first-order valence-corrected chi connectivity index (χ1v) is 9.72. The fraction of sp³-hybridized carbons (Fsp3) is 0.0526. The second kappa shape index (κ2) is 8.03. The van der Waals surface area contributed by atoms with Crippen LogP contribution in [0.3, 0.4) is 0 Å². The van der Waals surface area contributed by atoms with Gasteiger partial charge in [-0.1, -0.05) is 24.3 Å².